The van der Waals surface area contributed by atoms with E-state index in [1.165, 1.54) is 17.1 Å². The molecule has 0 bridgehead atoms. The molecule has 6 nitrogen and oxygen atoms in total. The predicted molar refractivity (Wildman–Crippen MR) is 147 cm³/mol. The van der Waals surface area contributed by atoms with Crippen LogP contribution in [0.25, 0.3) is 0 Å². The lowest BCUT2D eigenvalue weighted by molar-refractivity contribution is -0.138. The van der Waals surface area contributed by atoms with Crippen molar-refractivity contribution in [3.63, 3.8) is 0 Å². The van der Waals surface area contributed by atoms with Crippen molar-refractivity contribution in [2.75, 3.05) is 25.0 Å². The van der Waals surface area contributed by atoms with Crippen LogP contribution >= 0.6 is 0 Å². The largest absolute Gasteiger partial charge is 0.494 e. The number of halogens is 6. The smallest absolute Gasteiger partial charge is 0.416 e. The van der Waals surface area contributed by atoms with Crippen LogP contribution in [-0.4, -0.2) is 36.8 Å². The Bertz CT molecular complexity index is 1330. The summed E-state index contributed by atoms with van der Waals surface area (Å²) in [4.78, 5) is 13.4. The van der Waals surface area contributed by atoms with Crippen LogP contribution in [0.4, 0.5) is 36.8 Å². The highest BCUT2D eigenvalue weighted by Gasteiger charge is 2.50. The molecule has 0 aliphatic carbocycles. The number of nitrogens with one attached hydrogen (secondary N) is 3. The van der Waals surface area contributed by atoms with Gasteiger partial charge in [-0.05, 0) is 79.0 Å². The molecule has 1 aliphatic heterocycles. The molecule has 3 aromatic rings. The highest BCUT2D eigenvalue weighted by molar-refractivity contribution is 5.89. The van der Waals surface area contributed by atoms with Crippen LogP contribution < -0.4 is 20.8 Å². The number of hydrazine groups is 1. The minimum atomic E-state index is -4.53. The summed E-state index contributed by atoms with van der Waals surface area (Å²) < 4.78 is 84.8. The maximum Gasteiger partial charge on any atom is 0.416 e. The minimum absolute atomic E-state index is 0.0988. The molecule has 2 atom stereocenters. The Labute approximate surface area is 240 Å². The van der Waals surface area contributed by atoms with E-state index in [4.69, 9.17) is 4.74 Å². The van der Waals surface area contributed by atoms with Crippen molar-refractivity contribution >= 4 is 11.7 Å². The van der Waals surface area contributed by atoms with Crippen molar-refractivity contribution in [3.05, 3.63) is 95.1 Å². The number of benzene rings is 3. The van der Waals surface area contributed by atoms with Crippen molar-refractivity contribution in [2.45, 2.75) is 50.6 Å². The molecule has 1 aliphatic rings. The van der Waals surface area contributed by atoms with Crippen molar-refractivity contribution < 1.29 is 35.9 Å². The first-order chi connectivity index (χ1) is 19.9. The average molecular weight is 595 g/mol. The third kappa shape index (κ3) is 6.81. The first-order valence-electron chi connectivity index (χ1n) is 13.6. The average Bonchev–Trinajstić information content (AvgIpc) is 3.35. The van der Waals surface area contributed by atoms with Gasteiger partial charge in [0.25, 0.3) is 0 Å². The normalized spacial score (nSPS) is 19.1. The number of anilines is 1. The highest BCUT2D eigenvalue weighted by Crippen LogP contribution is 2.40. The van der Waals surface area contributed by atoms with Gasteiger partial charge in [-0.15, -0.1) is 0 Å². The Morgan fingerprint density at radius 2 is 1.38 bits per heavy atom. The van der Waals surface area contributed by atoms with Gasteiger partial charge in [-0.2, -0.15) is 26.3 Å². The van der Waals surface area contributed by atoms with Gasteiger partial charge in [0, 0.05) is 5.69 Å². The van der Waals surface area contributed by atoms with Crippen LogP contribution in [0.5, 0.6) is 5.75 Å². The summed E-state index contributed by atoms with van der Waals surface area (Å²) in [6, 6.07) is 14.8. The predicted octanol–water partition coefficient (Wildman–Crippen LogP) is 7.18. The molecule has 0 aromatic heterocycles. The molecule has 2 amide bonds. The third-order valence-electron chi connectivity index (χ3n) is 7.00. The second kappa shape index (κ2) is 12.6. The number of ether oxygens (including phenoxy) is 1. The molecular formula is C30H32F6N4O2. The summed E-state index contributed by atoms with van der Waals surface area (Å²) in [5.74, 6) is 0.621. The van der Waals surface area contributed by atoms with Crippen LogP contribution in [0, 0.1) is 0 Å². The fraction of sp³-hybridized carbons (Fsp3) is 0.367. The fourth-order valence-electron chi connectivity index (χ4n) is 4.91. The lowest BCUT2D eigenvalue weighted by Crippen LogP contribution is -2.54. The molecule has 3 N–H and O–H groups in total. The minimum Gasteiger partial charge on any atom is -0.494 e. The van der Waals surface area contributed by atoms with Crippen LogP contribution in [0.2, 0.25) is 0 Å². The maximum atomic E-state index is 13.4. The number of urea groups is 1. The highest BCUT2D eigenvalue weighted by atomic mass is 19.4. The molecule has 1 fully saturated rings. The van der Waals surface area contributed by atoms with Gasteiger partial charge in [-0.25, -0.2) is 10.2 Å². The molecule has 0 radical (unpaired) electrons. The van der Waals surface area contributed by atoms with Gasteiger partial charge < -0.3 is 15.4 Å². The Morgan fingerprint density at radius 3 is 1.88 bits per heavy atom. The van der Waals surface area contributed by atoms with Gasteiger partial charge in [-0.3, -0.25) is 5.01 Å². The van der Waals surface area contributed by atoms with Gasteiger partial charge in [0.2, 0.25) is 0 Å². The van der Waals surface area contributed by atoms with E-state index in [1.807, 2.05) is 13.8 Å². The number of hydrogen-bond acceptors (Lipinski definition) is 4. The van der Waals surface area contributed by atoms with E-state index >= 15 is 0 Å². The zero-order chi connectivity index (χ0) is 30.5. The molecule has 226 valence electrons. The van der Waals surface area contributed by atoms with Gasteiger partial charge in [0.1, 0.15) is 11.3 Å². The Kier molecular flexibility index (Phi) is 9.37. The number of rotatable bonds is 9. The van der Waals surface area contributed by atoms with Crippen molar-refractivity contribution in [1.82, 2.24) is 15.8 Å². The van der Waals surface area contributed by atoms with Gasteiger partial charge in [0.05, 0.1) is 30.3 Å². The zero-order valence-corrected chi connectivity index (χ0v) is 23.1. The monoisotopic (exact) mass is 594 g/mol. The van der Waals surface area contributed by atoms with E-state index in [0.717, 1.165) is 49.2 Å². The second-order valence-electron chi connectivity index (χ2n) is 9.99. The SMILES string of the molecule is CCCNC1CN(C(=O)Nc2ccc(C(F)(F)F)cc2)NC1(c1ccc(OCCC)cc1)c1ccc(C(F)(F)F)cc1. The summed E-state index contributed by atoms with van der Waals surface area (Å²) in [5, 5.41) is 7.31. The molecule has 0 spiro atoms. The number of carbonyl (C=O) groups is 1. The number of carbonyl (C=O) groups excluding carboxylic acids is 1. The summed E-state index contributed by atoms with van der Waals surface area (Å²) >= 11 is 0. The quantitative estimate of drug-likeness (QED) is 0.230. The zero-order valence-electron chi connectivity index (χ0n) is 23.1. The standard InChI is InChI=1S/C30H32F6N4O2/c1-3-17-37-26-19-40(27(41)38-24-13-9-23(10-14-24)30(34,35)36)39-28(26,20-5-7-22(8-6-20)29(31,32)33)21-11-15-25(16-12-21)42-18-4-2/h5-16,26,37,39H,3-4,17-19H2,1-2H3,(H,38,41). The molecule has 3 aromatic carbocycles. The first-order valence-corrected chi connectivity index (χ1v) is 13.6. The van der Waals surface area contributed by atoms with Gasteiger partial charge in [0.15, 0.2) is 0 Å². The Balaban J connectivity index is 1.72. The van der Waals surface area contributed by atoms with E-state index < -0.39 is 41.1 Å². The van der Waals surface area contributed by atoms with Crippen LogP contribution in [0.15, 0.2) is 72.8 Å². The van der Waals surface area contributed by atoms with Crippen molar-refractivity contribution in [3.8, 4) is 5.75 Å². The molecule has 42 heavy (non-hydrogen) atoms. The van der Waals surface area contributed by atoms with Crippen LogP contribution in [0.1, 0.15) is 48.9 Å². The number of amides is 2. The molecule has 0 saturated carbocycles. The molecule has 12 heteroatoms. The third-order valence-corrected chi connectivity index (χ3v) is 7.00. The summed E-state index contributed by atoms with van der Waals surface area (Å²) in [6.45, 7) is 5.11. The summed E-state index contributed by atoms with van der Waals surface area (Å²) in [5.41, 5.74) is 1.69. The van der Waals surface area contributed by atoms with Crippen LogP contribution in [-0.2, 0) is 17.9 Å². The van der Waals surface area contributed by atoms with E-state index in [2.05, 4.69) is 16.1 Å². The number of hydrogen-bond donors (Lipinski definition) is 3. The molecule has 2 unspecified atom stereocenters. The van der Waals surface area contributed by atoms with Gasteiger partial charge in [-0.1, -0.05) is 38.1 Å². The lowest BCUT2D eigenvalue weighted by Gasteiger charge is -2.37. The molecule has 1 heterocycles. The second-order valence-corrected chi connectivity index (χ2v) is 9.99. The van der Waals surface area contributed by atoms with Gasteiger partial charge >= 0.3 is 18.4 Å². The van der Waals surface area contributed by atoms with E-state index in [-0.39, 0.29) is 12.2 Å². The number of alkyl halides is 6. The van der Waals surface area contributed by atoms with E-state index in [0.29, 0.717) is 30.0 Å². The Morgan fingerprint density at radius 1 is 0.857 bits per heavy atom. The van der Waals surface area contributed by atoms with Crippen molar-refractivity contribution in [2.24, 2.45) is 0 Å². The van der Waals surface area contributed by atoms with E-state index in [9.17, 15) is 31.1 Å². The summed E-state index contributed by atoms with van der Waals surface area (Å²) in [7, 11) is 0. The summed E-state index contributed by atoms with van der Waals surface area (Å²) in [6.07, 6.45) is -7.48. The van der Waals surface area contributed by atoms with Crippen molar-refractivity contribution in [1.29, 1.82) is 0 Å². The lowest BCUT2D eigenvalue weighted by atomic mass is 9.78. The maximum absolute atomic E-state index is 13.4. The molecule has 4 rings (SSSR count). The number of nitrogens with zero attached hydrogens (tertiary/aromatic N) is 1. The topological polar surface area (TPSA) is 65.6 Å². The van der Waals surface area contributed by atoms with Crippen LogP contribution in [0.3, 0.4) is 0 Å². The molecular weight excluding hydrogens is 562 g/mol. The Hall–Kier alpha value is -3.77. The van der Waals surface area contributed by atoms with E-state index in [1.54, 1.807) is 24.3 Å². The first kappa shape index (κ1) is 31.2. The fourth-order valence-corrected chi connectivity index (χ4v) is 4.91. The molecule has 1 saturated heterocycles.